The molecule has 9 nitrogen and oxygen atoms in total. The molecule has 3 N–H and O–H groups in total. The molecule has 0 unspecified atom stereocenters. The maximum absolute atomic E-state index is 12.9. The number of ether oxygens (including phenoxy) is 2. The normalized spacial score (nSPS) is 17.6. The Bertz CT molecular complexity index is 1010. The molecule has 0 radical (unpaired) electrons. The molecule has 35 heavy (non-hydrogen) atoms. The minimum atomic E-state index is -0.635. The minimum Gasteiger partial charge on any atom is -0.459 e. The van der Waals surface area contributed by atoms with Crippen LogP contribution in [0.2, 0.25) is 0 Å². The number of nitrogens with zero attached hydrogens (tertiary/aromatic N) is 2. The lowest BCUT2D eigenvalue weighted by molar-refractivity contribution is -0.146. The fourth-order valence-electron chi connectivity index (χ4n) is 4.19. The standard InChI is InChI=1S/C26H37N3O6/c1-28-22(19-24(32)29(28)21-11-5-4-6-12-21)20-17-23(26(33)27-13-7-2-3-8-14-30)35-25(18-20)34-16-10-9-15-31/h4-6,11-12,17,19-20,25,30-31H,2-3,7-10,13-16,18H2,1H3,(H,27,33)/t20-,25+/m1/s1. The molecule has 1 aliphatic heterocycles. The second kappa shape index (κ2) is 13.9. The predicted molar refractivity (Wildman–Crippen MR) is 132 cm³/mol. The average Bonchev–Trinajstić information content (AvgIpc) is 3.17. The van der Waals surface area contributed by atoms with Crippen LogP contribution in [0.15, 0.2) is 53.0 Å². The molecule has 2 aromatic rings. The zero-order chi connectivity index (χ0) is 25.0. The summed E-state index contributed by atoms with van der Waals surface area (Å²) in [5.74, 6) is -0.378. The largest absolute Gasteiger partial charge is 0.459 e. The molecule has 2 heterocycles. The van der Waals surface area contributed by atoms with Gasteiger partial charge in [0.25, 0.3) is 11.5 Å². The average molecular weight is 488 g/mol. The van der Waals surface area contributed by atoms with Gasteiger partial charge >= 0.3 is 0 Å². The van der Waals surface area contributed by atoms with Crippen molar-refractivity contribution in [1.29, 1.82) is 0 Å². The van der Waals surface area contributed by atoms with Crippen LogP contribution in [0.5, 0.6) is 0 Å². The van der Waals surface area contributed by atoms with Crippen LogP contribution in [0, 0.1) is 0 Å². The molecule has 0 spiro atoms. The maximum atomic E-state index is 12.9. The molecule has 9 heteroatoms. The number of para-hydroxylation sites is 1. The van der Waals surface area contributed by atoms with Crippen molar-refractivity contribution in [2.75, 3.05) is 26.4 Å². The van der Waals surface area contributed by atoms with Gasteiger partial charge in [-0.1, -0.05) is 31.0 Å². The Hall–Kier alpha value is -2.88. The number of rotatable bonds is 14. The number of aliphatic hydroxyl groups excluding tert-OH is 2. The zero-order valence-electron chi connectivity index (χ0n) is 20.4. The number of hydrogen-bond donors (Lipinski definition) is 3. The Morgan fingerprint density at radius 3 is 2.54 bits per heavy atom. The van der Waals surface area contributed by atoms with Crippen molar-refractivity contribution in [1.82, 2.24) is 14.7 Å². The van der Waals surface area contributed by atoms with Crippen molar-refractivity contribution in [2.24, 2.45) is 7.05 Å². The number of carbonyl (C=O) groups is 1. The Kier molecular flexibility index (Phi) is 10.6. The van der Waals surface area contributed by atoms with E-state index in [0.29, 0.717) is 32.4 Å². The van der Waals surface area contributed by atoms with Crippen LogP contribution in [0.25, 0.3) is 5.69 Å². The van der Waals surface area contributed by atoms with Gasteiger partial charge in [0, 0.05) is 50.9 Å². The van der Waals surface area contributed by atoms with E-state index in [4.69, 9.17) is 19.7 Å². The number of amides is 1. The maximum Gasteiger partial charge on any atom is 0.286 e. The number of carbonyl (C=O) groups excluding carboxylic acids is 1. The summed E-state index contributed by atoms with van der Waals surface area (Å²) in [6.07, 6.45) is 6.33. The third kappa shape index (κ3) is 7.55. The molecule has 0 saturated carbocycles. The molecule has 0 fully saturated rings. The summed E-state index contributed by atoms with van der Waals surface area (Å²) < 4.78 is 15.2. The van der Waals surface area contributed by atoms with E-state index in [1.807, 2.05) is 42.1 Å². The number of allylic oxidation sites excluding steroid dienone is 1. The summed E-state index contributed by atoms with van der Waals surface area (Å²) in [6.45, 7) is 1.20. The SMILES string of the molecule is Cn1c([C@@H]2C=C(C(=O)NCCCCCCO)O[C@H](OCCCCO)C2)cc(=O)n1-c1ccccc1. The number of aliphatic hydroxyl groups is 2. The molecule has 1 aliphatic rings. The third-order valence-electron chi connectivity index (χ3n) is 6.04. The van der Waals surface area contributed by atoms with E-state index in [2.05, 4.69) is 5.32 Å². The molecule has 192 valence electrons. The minimum absolute atomic E-state index is 0.0957. The Morgan fingerprint density at radius 2 is 1.80 bits per heavy atom. The van der Waals surface area contributed by atoms with Gasteiger partial charge in [-0.15, -0.1) is 0 Å². The van der Waals surface area contributed by atoms with E-state index in [1.54, 1.807) is 16.8 Å². The first-order valence-corrected chi connectivity index (χ1v) is 12.4. The van der Waals surface area contributed by atoms with Crippen molar-refractivity contribution < 1.29 is 24.5 Å². The second-order valence-corrected chi connectivity index (χ2v) is 8.69. The number of aromatic nitrogens is 2. The summed E-state index contributed by atoms with van der Waals surface area (Å²) in [5.41, 5.74) is 1.38. The van der Waals surface area contributed by atoms with Crippen molar-refractivity contribution in [3.05, 3.63) is 64.3 Å². The van der Waals surface area contributed by atoms with Gasteiger partial charge < -0.3 is 25.0 Å². The van der Waals surface area contributed by atoms with Crippen LogP contribution in [-0.4, -0.2) is 58.1 Å². The highest BCUT2D eigenvalue weighted by Crippen LogP contribution is 2.31. The lowest BCUT2D eigenvalue weighted by atomic mass is 9.97. The summed E-state index contributed by atoms with van der Waals surface area (Å²) in [7, 11) is 1.83. The van der Waals surface area contributed by atoms with Crippen LogP contribution in [0.1, 0.15) is 56.6 Å². The molecule has 2 atom stereocenters. The molecular formula is C26H37N3O6. The Balaban J connectivity index is 1.77. The topological polar surface area (TPSA) is 115 Å². The first-order chi connectivity index (χ1) is 17.0. The van der Waals surface area contributed by atoms with E-state index in [9.17, 15) is 9.59 Å². The molecule has 3 rings (SSSR count). The molecule has 0 bridgehead atoms. The number of benzene rings is 1. The summed E-state index contributed by atoms with van der Waals surface area (Å²) in [5, 5.41) is 20.8. The van der Waals surface area contributed by atoms with E-state index < -0.39 is 6.29 Å². The quantitative estimate of drug-likeness (QED) is 0.353. The second-order valence-electron chi connectivity index (χ2n) is 8.69. The predicted octanol–water partition coefficient (Wildman–Crippen LogP) is 2.35. The first-order valence-electron chi connectivity index (χ1n) is 12.4. The highest BCUT2D eigenvalue weighted by molar-refractivity contribution is 5.91. The first kappa shape index (κ1) is 26.7. The molecule has 1 aromatic heterocycles. The van der Waals surface area contributed by atoms with Gasteiger partial charge in [-0.2, -0.15) is 0 Å². The molecule has 0 saturated heterocycles. The fourth-order valence-corrected chi connectivity index (χ4v) is 4.19. The van der Waals surface area contributed by atoms with Crippen molar-refractivity contribution >= 4 is 5.91 Å². The third-order valence-corrected chi connectivity index (χ3v) is 6.04. The summed E-state index contributed by atoms with van der Waals surface area (Å²) in [6, 6.07) is 11.0. The van der Waals surface area contributed by atoms with Gasteiger partial charge in [-0.25, -0.2) is 4.68 Å². The highest BCUT2D eigenvalue weighted by Gasteiger charge is 2.31. The Morgan fingerprint density at radius 1 is 1.09 bits per heavy atom. The van der Waals surface area contributed by atoms with Crippen molar-refractivity contribution in [3.8, 4) is 5.69 Å². The monoisotopic (exact) mass is 487 g/mol. The molecule has 1 aromatic carbocycles. The molecule has 1 amide bonds. The summed E-state index contributed by atoms with van der Waals surface area (Å²) in [4.78, 5) is 25.7. The van der Waals surface area contributed by atoms with E-state index in [1.165, 1.54) is 0 Å². The van der Waals surface area contributed by atoms with Crippen LogP contribution in [0.3, 0.4) is 0 Å². The van der Waals surface area contributed by atoms with E-state index in [0.717, 1.165) is 37.1 Å². The lowest BCUT2D eigenvalue weighted by Gasteiger charge is -2.29. The highest BCUT2D eigenvalue weighted by atomic mass is 16.7. The van der Waals surface area contributed by atoms with E-state index in [-0.39, 0.29) is 36.4 Å². The number of nitrogens with one attached hydrogen (secondary N) is 1. The summed E-state index contributed by atoms with van der Waals surface area (Å²) >= 11 is 0. The van der Waals surface area contributed by atoms with Crippen LogP contribution >= 0.6 is 0 Å². The molecular weight excluding hydrogens is 450 g/mol. The van der Waals surface area contributed by atoms with Gasteiger partial charge in [0.1, 0.15) is 0 Å². The van der Waals surface area contributed by atoms with Gasteiger partial charge in [0.05, 0.1) is 12.3 Å². The van der Waals surface area contributed by atoms with Crippen molar-refractivity contribution in [2.45, 2.75) is 57.2 Å². The van der Waals surface area contributed by atoms with Crippen LogP contribution < -0.4 is 10.9 Å². The fraction of sp³-hybridized carbons (Fsp3) is 0.538. The number of unbranched alkanes of at least 4 members (excludes halogenated alkanes) is 4. The van der Waals surface area contributed by atoms with Gasteiger partial charge in [0.2, 0.25) is 6.29 Å². The lowest BCUT2D eigenvalue weighted by Crippen LogP contribution is -2.34. The van der Waals surface area contributed by atoms with Gasteiger partial charge in [-0.3, -0.25) is 14.3 Å². The number of hydrogen-bond acceptors (Lipinski definition) is 6. The van der Waals surface area contributed by atoms with Crippen molar-refractivity contribution in [3.63, 3.8) is 0 Å². The van der Waals surface area contributed by atoms with Crippen LogP contribution in [0.4, 0.5) is 0 Å². The smallest absolute Gasteiger partial charge is 0.286 e. The van der Waals surface area contributed by atoms with Crippen LogP contribution in [-0.2, 0) is 21.3 Å². The Labute approximate surface area is 206 Å². The van der Waals surface area contributed by atoms with Gasteiger partial charge in [0.15, 0.2) is 5.76 Å². The van der Waals surface area contributed by atoms with Gasteiger partial charge in [-0.05, 0) is 43.9 Å². The van der Waals surface area contributed by atoms with E-state index >= 15 is 0 Å². The molecule has 0 aliphatic carbocycles. The zero-order valence-corrected chi connectivity index (χ0v) is 20.4.